The number of rotatable bonds is 59. The molecule has 10 heteroatoms. The molecule has 0 aliphatic carbocycles. The van der Waals surface area contributed by atoms with Gasteiger partial charge in [0.05, 0.1) is 33.8 Å². The maximum Gasteiger partial charge on any atom is 0.306 e. The molecule has 3 unspecified atom stereocenters. The van der Waals surface area contributed by atoms with Gasteiger partial charge in [0.2, 0.25) is 5.91 Å². The van der Waals surface area contributed by atoms with Gasteiger partial charge in [0, 0.05) is 12.8 Å². The summed E-state index contributed by atoms with van der Waals surface area (Å²) in [5.41, 5.74) is 0. The monoisotopic (exact) mass is 1120 g/mol. The maximum absolute atomic E-state index is 13.6. The summed E-state index contributed by atoms with van der Waals surface area (Å²) in [6.45, 7) is 6.79. The predicted molar refractivity (Wildman–Crippen MR) is 339 cm³/mol. The lowest BCUT2D eigenvalue weighted by atomic mass is 10.0. The molecule has 79 heavy (non-hydrogen) atoms. The predicted octanol–water partition coefficient (Wildman–Crippen LogP) is 19.9. The summed E-state index contributed by atoms with van der Waals surface area (Å²) in [5.74, 6) is -0.560. The van der Waals surface area contributed by atoms with Crippen molar-refractivity contribution in [3.63, 3.8) is 0 Å². The number of phosphoric acid groups is 1. The van der Waals surface area contributed by atoms with E-state index in [4.69, 9.17) is 13.8 Å². The van der Waals surface area contributed by atoms with Gasteiger partial charge in [-0.25, -0.2) is 0 Å². The Labute approximate surface area is 488 Å². The zero-order valence-electron chi connectivity index (χ0n) is 52.3. The van der Waals surface area contributed by atoms with E-state index in [0.717, 1.165) is 109 Å². The number of likely N-dealkylation sites (N-methyl/N-ethyl adjacent to an activating group) is 1. The van der Waals surface area contributed by atoms with E-state index in [1.54, 1.807) is 0 Å². The summed E-state index contributed by atoms with van der Waals surface area (Å²) in [5, 5.41) is 3.03. The summed E-state index contributed by atoms with van der Waals surface area (Å²) in [6.07, 6.45) is 76.8. The van der Waals surface area contributed by atoms with Crippen molar-refractivity contribution in [1.29, 1.82) is 0 Å². The average molecular weight is 1130 g/mol. The van der Waals surface area contributed by atoms with E-state index in [0.29, 0.717) is 17.4 Å². The van der Waals surface area contributed by atoms with Gasteiger partial charge in [0.1, 0.15) is 19.3 Å². The fraction of sp³-hybridized carbons (Fsp3) is 0.768. The molecule has 0 aromatic heterocycles. The van der Waals surface area contributed by atoms with Crippen LogP contribution in [0.4, 0.5) is 0 Å². The number of hydrogen-bond acceptors (Lipinski definition) is 7. The highest BCUT2D eigenvalue weighted by atomic mass is 31.2. The molecule has 0 heterocycles. The number of amides is 1. The van der Waals surface area contributed by atoms with Gasteiger partial charge in [0.25, 0.3) is 7.82 Å². The molecule has 0 spiro atoms. The van der Waals surface area contributed by atoms with Crippen molar-refractivity contribution >= 4 is 19.7 Å². The summed E-state index contributed by atoms with van der Waals surface area (Å²) in [7, 11) is 1.17. The molecule has 0 aromatic carbocycles. The van der Waals surface area contributed by atoms with E-state index < -0.39 is 26.6 Å². The average Bonchev–Trinajstić information content (AvgIpc) is 3.41. The molecule has 0 aliphatic heterocycles. The Bertz CT molecular complexity index is 1630. The molecule has 0 rings (SSSR count). The molecule has 0 aromatic rings. The lowest BCUT2D eigenvalue weighted by Gasteiger charge is -2.30. The zero-order valence-corrected chi connectivity index (χ0v) is 53.2. The van der Waals surface area contributed by atoms with Gasteiger partial charge in [-0.05, 0) is 109 Å². The Balaban J connectivity index is 5.25. The molecular weight excluding hydrogens is 1000 g/mol. The molecule has 0 bridgehead atoms. The van der Waals surface area contributed by atoms with Crippen LogP contribution >= 0.6 is 7.82 Å². The Morgan fingerprint density at radius 3 is 1.18 bits per heavy atom. The number of quaternary nitrogens is 1. The first-order valence-electron chi connectivity index (χ1n) is 32.9. The van der Waals surface area contributed by atoms with Crippen LogP contribution in [0.3, 0.4) is 0 Å². The number of allylic oxidation sites excluding steroid dienone is 13. The first kappa shape index (κ1) is 76.2. The molecule has 0 aliphatic rings. The van der Waals surface area contributed by atoms with Gasteiger partial charge < -0.3 is 28.5 Å². The first-order valence-corrected chi connectivity index (χ1v) is 34.4. The number of unbranched alkanes of at least 4 members (excludes halogenated alkanes) is 31. The van der Waals surface area contributed by atoms with Gasteiger partial charge in [-0.2, -0.15) is 0 Å². The normalized spacial score (nSPS) is 14.2. The smallest absolute Gasteiger partial charge is 0.306 e. The number of hydrogen-bond donors (Lipinski definition) is 1. The van der Waals surface area contributed by atoms with E-state index in [2.05, 4.69) is 99.0 Å². The highest BCUT2D eigenvalue weighted by molar-refractivity contribution is 7.45. The Kier molecular flexibility index (Phi) is 56.3. The van der Waals surface area contributed by atoms with E-state index in [1.807, 2.05) is 33.3 Å². The van der Waals surface area contributed by atoms with Crippen LogP contribution in [0.2, 0.25) is 0 Å². The third kappa shape index (κ3) is 59.6. The minimum absolute atomic E-state index is 0.0291. The largest absolute Gasteiger partial charge is 0.756 e. The number of ether oxygens (including phenoxy) is 1. The van der Waals surface area contributed by atoms with Crippen LogP contribution in [0, 0.1) is 0 Å². The van der Waals surface area contributed by atoms with Crippen LogP contribution in [0.25, 0.3) is 0 Å². The topological polar surface area (TPSA) is 114 Å². The van der Waals surface area contributed by atoms with Crippen molar-refractivity contribution in [2.75, 3.05) is 40.9 Å². The Morgan fingerprint density at radius 2 is 0.772 bits per heavy atom. The van der Waals surface area contributed by atoms with Crippen LogP contribution < -0.4 is 10.2 Å². The van der Waals surface area contributed by atoms with Crippen LogP contribution in [0.15, 0.2) is 85.1 Å². The van der Waals surface area contributed by atoms with Gasteiger partial charge in [-0.3, -0.25) is 14.2 Å². The molecule has 1 N–H and O–H groups in total. The number of nitrogens with zero attached hydrogens (tertiary/aromatic N) is 1. The first-order chi connectivity index (χ1) is 38.4. The molecule has 0 radical (unpaired) electrons. The number of carbonyl (C=O) groups excluding carboxylic acids is 2. The van der Waals surface area contributed by atoms with Crippen LogP contribution in [-0.2, 0) is 27.9 Å². The van der Waals surface area contributed by atoms with Crippen molar-refractivity contribution in [2.24, 2.45) is 0 Å². The second-order valence-corrected chi connectivity index (χ2v) is 24.7. The van der Waals surface area contributed by atoms with E-state index in [-0.39, 0.29) is 24.9 Å². The third-order valence-electron chi connectivity index (χ3n) is 14.3. The molecular formula is C69H125N2O7P. The van der Waals surface area contributed by atoms with Crippen molar-refractivity contribution in [2.45, 2.75) is 303 Å². The van der Waals surface area contributed by atoms with Crippen molar-refractivity contribution in [3.05, 3.63) is 85.1 Å². The second kappa shape index (κ2) is 58.4. The van der Waals surface area contributed by atoms with Crippen molar-refractivity contribution in [1.82, 2.24) is 5.32 Å². The van der Waals surface area contributed by atoms with Crippen LogP contribution in [-0.4, -0.2) is 69.4 Å². The van der Waals surface area contributed by atoms with E-state index in [9.17, 15) is 19.0 Å². The summed E-state index contributed by atoms with van der Waals surface area (Å²) in [4.78, 5) is 40.1. The lowest BCUT2D eigenvalue weighted by molar-refractivity contribution is -0.870. The van der Waals surface area contributed by atoms with Crippen molar-refractivity contribution in [3.8, 4) is 0 Å². The lowest BCUT2D eigenvalue weighted by Crippen LogP contribution is -2.47. The number of carbonyl (C=O) groups is 2. The molecule has 0 fully saturated rings. The molecule has 9 nitrogen and oxygen atoms in total. The number of phosphoric ester groups is 1. The Morgan fingerprint density at radius 1 is 0.443 bits per heavy atom. The maximum atomic E-state index is 13.6. The van der Waals surface area contributed by atoms with Crippen molar-refractivity contribution < 1.29 is 37.3 Å². The van der Waals surface area contributed by atoms with E-state index >= 15 is 0 Å². The minimum Gasteiger partial charge on any atom is -0.756 e. The van der Waals surface area contributed by atoms with Crippen LogP contribution in [0.5, 0.6) is 0 Å². The highest BCUT2D eigenvalue weighted by Crippen LogP contribution is 2.38. The third-order valence-corrected chi connectivity index (χ3v) is 15.3. The summed E-state index contributed by atoms with van der Waals surface area (Å²) >= 11 is 0. The summed E-state index contributed by atoms with van der Waals surface area (Å²) in [6, 6.07) is -0.902. The molecule has 0 saturated heterocycles. The quantitative estimate of drug-likeness (QED) is 0.0212. The number of nitrogens with one attached hydrogen (secondary N) is 1. The van der Waals surface area contributed by atoms with Gasteiger partial charge in [0.15, 0.2) is 0 Å². The number of esters is 1. The molecule has 1 amide bonds. The van der Waals surface area contributed by atoms with Gasteiger partial charge in [-0.15, -0.1) is 0 Å². The molecule has 3 atom stereocenters. The van der Waals surface area contributed by atoms with Crippen LogP contribution in [0.1, 0.15) is 290 Å². The fourth-order valence-electron chi connectivity index (χ4n) is 9.18. The summed E-state index contributed by atoms with van der Waals surface area (Å²) < 4.78 is 30.4. The second-order valence-electron chi connectivity index (χ2n) is 23.3. The van der Waals surface area contributed by atoms with E-state index in [1.165, 1.54) is 148 Å². The molecule has 458 valence electrons. The fourth-order valence-corrected chi connectivity index (χ4v) is 9.91. The standard InChI is InChI=1S/C69H125N2O7P/c1-7-10-13-16-19-22-25-28-30-32-33-34-35-36-37-39-40-43-46-49-52-55-58-61-68(72)70-66(65-77-79(74,75)76-64-63-71(4,5)6)67(60-57-54-51-48-45-42-27-24-21-18-15-12-9-3)78-69(73)62-59-56-53-50-47-44-41-38-31-29-26-23-20-17-14-11-8-2/h19-20,22-23,28-31,33-34,36-37,57,60,66-67H,7-18,21,24-27,32,35,38-56,58-59,61-65H2,1-6H3,(H-,70,72,74,75)/b22-19-,23-20-,30-28-,31-29-,34-33-,37-36-,60-57-. The zero-order chi connectivity index (χ0) is 57.9. The highest BCUT2D eigenvalue weighted by Gasteiger charge is 2.27. The van der Waals surface area contributed by atoms with Gasteiger partial charge >= 0.3 is 5.97 Å². The molecule has 0 saturated carbocycles. The SMILES string of the molecule is CCCCC/C=C\C/C=C\C/C=C\C/C=C\CCCCCCCCCC(=O)NC(COP(=O)([O-])OCC[N+](C)(C)C)C(/C=C\CCCCCCCCCCCCC)OC(=O)CCCCCCCCC/C=C\C/C=C\CCCCC. The van der Waals surface area contributed by atoms with Gasteiger partial charge in [-0.1, -0.05) is 254 Å². The minimum atomic E-state index is -4.71. The Hall–Kier alpha value is -2.81.